The average Bonchev–Trinajstić information content (AvgIpc) is 2.41. The summed E-state index contributed by atoms with van der Waals surface area (Å²) in [6, 6.07) is 14.8. The monoisotopic (exact) mass is 382 g/mol. The van der Waals surface area contributed by atoms with Gasteiger partial charge in [-0.25, -0.2) is 0 Å². The molecule has 3 heteroatoms. The minimum absolute atomic E-state index is 0.318. The minimum Gasteiger partial charge on any atom is -0.496 e. The molecule has 0 aromatic heterocycles. The zero-order chi connectivity index (χ0) is 13.8. The zero-order valence-corrected chi connectivity index (χ0v) is 14.2. The van der Waals surface area contributed by atoms with E-state index in [4.69, 9.17) is 4.74 Å². The van der Waals surface area contributed by atoms with E-state index in [9.17, 15) is 0 Å². The first-order valence-corrected chi connectivity index (χ1v) is 7.84. The van der Waals surface area contributed by atoms with Crippen LogP contribution in [-0.4, -0.2) is 7.11 Å². The van der Waals surface area contributed by atoms with Crippen LogP contribution >= 0.6 is 31.9 Å². The molecule has 0 aliphatic rings. The Morgan fingerprint density at radius 3 is 2.37 bits per heavy atom. The lowest BCUT2D eigenvalue weighted by atomic mass is 10.0. The van der Waals surface area contributed by atoms with Gasteiger partial charge in [0, 0.05) is 9.30 Å². The maximum atomic E-state index is 5.29. The first-order chi connectivity index (χ1) is 9.10. The van der Waals surface area contributed by atoms with Crippen LogP contribution in [0.3, 0.4) is 0 Å². The van der Waals surface area contributed by atoms with E-state index in [0.29, 0.717) is 4.83 Å². The summed E-state index contributed by atoms with van der Waals surface area (Å²) >= 11 is 7.23. The molecule has 2 aromatic carbocycles. The number of halogens is 2. The summed E-state index contributed by atoms with van der Waals surface area (Å²) in [6.45, 7) is 2.07. The molecule has 0 N–H and O–H groups in total. The average molecular weight is 384 g/mol. The van der Waals surface area contributed by atoms with Crippen LogP contribution in [0, 0.1) is 6.92 Å². The van der Waals surface area contributed by atoms with Gasteiger partial charge in [-0.05, 0) is 48.2 Å². The number of hydrogen-bond donors (Lipinski definition) is 0. The van der Waals surface area contributed by atoms with Gasteiger partial charge in [0.2, 0.25) is 0 Å². The Balaban J connectivity index is 2.13. The number of methoxy groups -OCH3 is 1. The summed E-state index contributed by atoms with van der Waals surface area (Å²) in [5.41, 5.74) is 3.76. The molecule has 0 saturated carbocycles. The number of hydrogen-bond acceptors (Lipinski definition) is 1. The van der Waals surface area contributed by atoms with E-state index in [-0.39, 0.29) is 0 Å². The zero-order valence-electron chi connectivity index (χ0n) is 11.0. The number of ether oxygens (including phenoxy) is 1. The van der Waals surface area contributed by atoms with Gasteiger partial charge in [0.25, 0.3) is 0 Å². The smallest absolute Gasteiger partial charge is 0.121 e. The van der Waals surface area contributed by atoms with Gasteiger partial charge in [-0.3, -0.25) is 0 Å². The summed E-state index contributed by atoms with van der Waals surface area (Å²) in [5, 5.41) is 0. The second-order valence-electron chi connectivity index (χ2n) is 4.53. The van der Waals surface area contributed by atoms with Crippen LogP contribution in [-0.2, 0) is 6.42 Å². The highest BCUT2D eigenvalue weighted by Crippen LogP contribution is 2.30. The molecule has 0 heterocycles. The van der Waals surface area contributed by atoms with Crippen LogP contribution in [0.4, 0.5) is 0 Å². The van der Waals surface area contributed by atoms with Crippen molar-refractivity contribution in [2.75, 3.05) is 7.11 Å². The maximum absolute atomic E-state index is 5.29. The predicted octanol–water partition coefficient (Wildman–Crippen LogP) is 5.44. The quantitative estimate of drug-likeness (QED) is 0.638. The van der Waals surface area contributed by atoms with Crippen molar-refractivity contribution >= 4 is 31.9 Å². The molecule has 0 spiro atoms. The highest BCUT2D eigenvalue weighted by Gasteiger charge is 2.10. The van der Waals surface area contributed by atoms with Crippen molar-refractivity contribution in [3.8, 4) is 5.75 Å². The van der Waals surface area contributed by atoms with E-state index in [0.717, 1.165) is 16.6 Å². The fourth-order valence-electron chi connectivity index (χ4n) is 2.04. The summed E-state index contributed by atoms with van der Waals surface area (Å²) in [6.07, 6.45) is 0.971. The van der Waals surface area contributed by atoms with Gasteiger partial charge in [0.1, 0.15) is 5.75 Å². The molecule has 0 saturated heterocycles. The molecule has 0 radical (unpaired) electrons. The van der Waals surface area contributed by atoms with E-state index < -0.39 is 0 Å². The van der Waals surface area contributed by atoms with Crippen LogP contribution in [0.25, 0.3) is 0 Å². The van der Waals surface area contributed by atoms with Crippen LogP contribution in [0.1, 0.15) is 21.5 Å². The van der Waals surface area contributed by atoms with Crippen LogP contribution in [0.5, 0.6) is 5.75 Å². The van der Waals surface area contributed by atoms with Crippen LogP contribution in [0.2, 0.25) is 0 Å². The van der Waals surface area contributed by atoms with Crippen molar-refractivity contribution in [3.05, 3.63) is 63.6 Å². The van der Waals surface area contributed by atoms with Crippen molar-refractivity contribution in [2.24, 2.45) is 0 Å². The molecule has 0 aliphatic carbocycles. The van der Waals surface area contributed by atoms with Crippen molar-refractivity contribution < 1.29 is 4.74 Å². The Bertz CT molecular complexity index is 549. The van der Waals surface area contributed by atoms with Gasteiger partial charge < -0.3 is 4.74 Å². The fourth-order valence-corrected chi connectivity index (χ4v) is 2.96. The number of benzene rings is 2. The Labute approximate surface area is 131 Å². The topological polar surface area (TPSA) is 9.23 Å². The first-order valence-electron chi connectivity index (χ1n) is 6.13. The second kappa shape index (κ2) is 6.58. The summed E-state index contributed by atoms with van der Waals surface area (Å²) in [7, 11) is 1.70. The molecule has 0 aliphatic heterocycles. The fraction of sp³-hybridized carbons (Fsp3) is 0.250. The third-order valence-corrected chi connectivity index (χ3v) is 4.49. The van der Waals surface area contributed by atoms with E-state index in [1.165, 1.54) is 16.7 Å². The van der Waals surface area contributed by atoms with E-state index >= 15 is 0 Å². The van der Waals surface area contributed by atoms with Gasteiger partial charge in [-0.2, -0.15) is 0 Å². The SMILES string of the molecule is COc1ccc(C(Br)Cc2ccc(Br)cc2)cc1C. The predicted molar refractivity (Wildman–Crippen MR) is 87.2 cm³/mol. The van der Waals surface area contributed by atoms with Crippen molar-refractivity contribution in [1.29, 1.82) is 0 Å². The van der Waals surface area contributed by atoms with Crippen molar-refractivity contribution in [1.82, 2.24) is 0 Å². The van der Waals surface area contributed by atoms with E-state index in [1.807, 2.05) is 6.07 Å². The Morgan fingerprint density at radius 1 is 1.11 bits per heavy atom. The van der Waals surface area contributed by atoms with Gasteiger partial charge in [-0.1, -0.05) is 56.1 Å². The van der Waals surface area contributed by atoms with Crippen molar-refractivity contribution in [3.63, 3.8) is 0 Å². The molecule has 1 atom stereocenters. The third kappa shape index (κ3) is 3.83. The molecule has 2 aromatic rings. The van der Waals surface area contributed by atoms with Gasteiger partial charge in [-0.15, -0.1) is 0 Å². The number of alkyl halides is 1. The molecular formula is C16H16Br2O. The first kappa shape index (κ1) is 14.6. The second-order valence-corrected chi connectivity index (χ2v) is 6.55. The molecule has 2 rings (SSSR count). The highest BCUT2D eigenvalue weighted by atomic mass is 79.9. The van der Waals surface area contributed by atoms with Crippen molar-refractivity contribution in [2.45, 2.75) is 18.2 Å². The standard InChI is InChI=1S/C16H16Br2O/c1-11-9-13(5-8-16(11)19-2)15(18)10-12-3-6-14(17)7-4-12/h3-9,15H,10H2,1-2H3. The Morgan fingerprint density at radius 2 is 1.79 bits per heavy atom. The normalized spacial score (nSPS) is 12.2. The number of rotatable bonds is 4. The highest BCUT2D eigenvalue weighted by molar-refractivity contribution is 9.10. The van der Waals surface area contributed by atoms with Crippen LogP contribution < -0.4 is 4.74 Å². The van der Waals surface area contributed by atoms with Gasteiger partial charge in [0.15, 0.2) is 0 Å². The Kier molecular flexibility index (Phi) is 5.06. The molecule has 0 amide bonds. The lowest BCUT2D eigenvalue weighted by Gasteiger charge is -2.13. The molecule has 1 unspecified atom stereocenters. The molecule has 0 bridgehead atoms. The van der Waals surface area contributed by atoms with Gasteiger partial charge >= 0.3 is 0 Å². The molecular weight excluding hydrogens is 368 g/mol. The van der Waals surface area contributed by atoms with E-state index in [1.54, 1.807) is 7.11 Å². The molecule has 19 heavy (non-hydrogen) atoms. The summed E-state index contributed by atoms with van der Waals surface area (Å²) in [4.78, 5) is 0.318. The molecule has 1 nitrogen and oxygen atoms in total. The Hall–Kier alpha value is -0.800. The third-order valence-electron chi connectivity index (χ3n) is 3.11. The maximum Gasteiger partial charge on any atom is 0.121 e. The van der Waals surface area contributed by atoms with E-state index in [2.05, 4.69) is 75.2 Å². The lowest BCUT2D eigenvalue weighted by Crippen LogP contribution is -1.97. The molecule has 0 fully saturated rings. The largest absolute Gasteiger partial charge is 0.496 e. The van der Waals surface area contributed by atoms with Crippen LogP contribution in [0.15, 0.2) is 46.9 Å². The minimum atomic E-state index is 0.318. The van der Waals surface area contributed by atoms with Gasteiger partial charge in [0.05, 0.1) is 7.11 Å². The summed E-state index contributed by atoms with van der Waals surface area (Å²) < 4.78 is 6.40. The molecule has 100 valence electrons. The number of aryl methyl sites for hydroxylation is 1. The summed E-state index contributed by atoms with van der Waals surface area (Å²) in [5.74, 6) is 0.937. The lowest BCUT2D eigenvalue weighted by molar-refractivity contribution is 0.411.